The van der Waals surface area contributed by atoms with Crippen molar-refractivity contribution in [2.75, 3.05) is 20.2 Å². The van der Waals surface area contributed by atoms with E-state index in [4.69, 9.17) is 4.74 Å². The van der Waals surface area contributed by atoms with Gasteiger partial charge in [0.25, 0.3) is 0 Å². The minimum absolute atomic E-state index is 0.103. The normalized spacial score (nSPS) is 25.5. The molecule has 2 fully saturated rings. The largest absolute Gasteiger partial charge is 0.374 e. The average molecular weight is 500 g/mol. The van der Waals surface area contributed by atoms with Crippen molar-refractivity contribution >= 4 is 16.8 Å². The van der Waals surface area contributed by atoms with Gasteiger partial charge in [0.05, 0.1) is 23.0 Å². The quantitative estimate of drug-likeness (QED) is 0.388. The number of hydrogen-bond acceptors (Lipinski definition) is 3. The molecule has 3 atom stereocenters. The summed E-state index contributed by atoms with van der Waals surface area (Å²) in [5.41, 5.74) is 4.37. The Labute approximate surface area is 217 Å². The van der Waals surface area contributed by atoms with Gasteiger partial charge in [-0.05, 0) is 85.7 Å². The zero-order valence-corrected chi connectivity index (χ0v) is 22.0. The van der Waals surface area contributed by atoms with E-state index in [-0.39, 0.29) is 23.1 Å². The fourth-order valence-corrected chi connectivity index (χ4v) is 6.52. The van der Waals surface area contributed by atoms with Crippen molar-refractivity contribution in [3.8, 4) is 5.69 Å². The van der Waals surface area contributed by atoms with Crippen LogP contribution in [0.4, 0.5) is 4.39 Å². The summed E-state index contributed by atoms with van der Waals surface area (Å²) >= 11 is 0. The molecular formula is C31H34FN3O2. The number of aryl methyl sites for hydroxylation is 1. The number of ether oxygens (including phenoxy) is 1. The van der Waals surface area contributed by atoms with Crippen LogP contribution in [0.1, 0.15) is 37.8 Å². The van der Waals surface area contributed by atoms with Gasteiger partial charge in [-0.3, -0.25) is 4.79 Å². The van der Waals surface area contributed by atoms with Crippen molar-refractivity contribution in [2.45, 2.75) is 44.6 Å². The Balaban J connectivity index is 1.60. The first-order valence-corrected chi connectivity index (χ1v) is 12.8. The molecule has 0 unspecified atom stereocenters. The summed E-state index contributed by atoms with van der Waals surface area (Å²) in [6.07, 6.45) is 11.5. The van der Waals surface area contributed by atoms with Gasteiger partial charge in [0.2, 0.25) is 5.91 Å². The topological polar surface area (TPSA) is 47.4 Å². The van der Waals surface area contributed by atoms with Gasteiger partial charge in [-0.15, -0.1) is 0 Å². The monoisotopic (exact) mass is 499 g/mol. The first-order chi connectivity index (χ1) is 17.7. The molecule has 5 rings (SSSR count). The fraction of sp³-hybridized carbons (Fsp3) is 0.355. The van der Waals surface area contributed by atoms with Crippen LogP contribution in [0.5, 0.6) is 0 Å². The van der Waals surface area contributed by atoms with Crippen LogP contribution >= 0.6 is 0 Å². The van der Waals surface area contributed by atoms with E-state index in [9.17, 15) is 9.18 Å². The van der Waals surface area contributed by atoms with E-state index in [1.54, 1.807) is 26.2 Å². The van der Waals surface area contributed by atoms with Crippen LogP contribution in [0.25, 0.3) is 16.6 Å². The molecule has 2 aliphatic rings. The first-order valence-electron chi connectivity index (χ1n) is 12.8. The van der Waals surface area contributed by atoms with E-state index in [0.29, 0.717) is 13.1 Å². The molecule has 37 heavy (non-hydrogen) atoms. The number of methoxy groups -OCH3 is 1. The average Bonchev–Trinajstić information content (AvgIpc) is 3.53. The third kappa shape index (κ3) is 4.13. The molecule has 2 heterocycles. The van der Waals surface area contributed by atoms with Gasteiger partial charge in [-0.1, -0.05) is 30.9 Å². The Bertz CT molecular complexity index is 1420. The SMILES string of the molecule is C=C(/C=C\C=C/C)[C@@]1(OC)C[C@@H]2CN(C(C)=O)C[C@]2(c2cc3cnn(-c4ccc(F)cc4)c3cc2C)C1. The number of likely N-dealkylation sites (tertiary alicyclic amines) is 1. The number of fused-ring (bicyclic) bond motifs is 2. The van der Waals surface area contributed by atoms with Crippen LogP contribution in [0.3, 0.4) is 0 Å². The Morgan fingerprint density at radius 1 is 1.24 bits per heavy atom. The molecule has 0 N–H and O–H groups in total. The van der Waals surface area contributed by atoms with Gasteiger partial charge in [0, 0.05) is 37.9 Å². The Kier molecular flexibility index (Phi) is 6.40. The maximum absolute atomic E-state index is 13.5. The van der Waals surface area contributed by atoms with Crippen molar-refractivity contribution in [3.63, 3.8) is 0 Å². The van der Waals surface area contributed by atoms with E-state index in [1.165, 1.54) is 17.7 Å². The van der Waals surface area contributed by atoms with Crippen molar-refractivity contribution < 1.29 is 13.9 Å². The lowest BCUT2D eigenvalue weighted by atomic mass is 9.72. The molecule has 5 nitrogen and oxygen atoms in total. The zero-order chi connectivity index (χ0) is 26.4. The second-order valence-electron chi connectivity index (χ2n) is 10.5. The number of halogens is 1. The molecule has 1 aromatic heterocycles. The highest BCUT2D eigenvalue weighted by Crippen LogP contribution is 2.58. The fourth-order valence-electron chi connectivity index (χ4n) is 6.52. The number of amides is 1. The number of hydrogen-bond donors (Lipinski definition) is 0. The smallest absolute Gasteiger partial charge is 0.219 e. The molecule has 1 saturated carbocycles. The second-order valence-corrected chi connectivity index (χ2v) is 10.5. The maximum atomic E-state index is 13.5. The molecule has 1 saturated heterocycles. The van der Waals surface area contributed by atoms with Crippen LogP contribution in [0, 0.1) is 18.7 Å². The molecule has 192 valence electrons. The van der Waals surface area contributed by atoms with Gasteiger partial charge in [0.15, 0.2) is 0 Å². The highest BCUT2D eigenvalue weighted by atomic mass is 19.1. The molecule has 1 amide bonds. The summed E-state index contributed by atoms with van der Waals surface area (Å²) in [4.78, 5) is 14.5. The molecule has 1 aliphatic heterocycles. The van der Waals surface area contributed by atoms with Gasteiger partial charge < -0.3 is 9.64 Å². The number of carbonyl (C=O) groups is 1. The summed E-state index contributed by atoms with van der Waals surface area (Å²) in [7, 11) is 1.77. The zero-order valence-electron chi connectivity index (χ0n) is 22.0. The maximum Gasteiger partial charge on any atom is 0.219 e. The van der Waals surface area contributed by atoms with Crippen LogP contribution in [0.2, 0.25) is 0 Å². The lowest BCUT2D eigenvalue weighted by Crippen LogP contribution is -2.39. The molecule has 0 spiro atoms. The minimum Gasteiger partial charge on any atom is -0.374 e. The molecule has 6 heteroatoms. The molecule has 2 aromatic carbocycles. The second kappa shape index (κ2) is 9.42. The minimum atomic E-state index is -0.495. The molecular weight excluding hydrogens is 465 g/mol. The van der Waals surface area contributed by atoms with E-state index < -0.39 is 5.60 Å². The van der Waals surface area contributed by atoms with Crippen LogP contribution in [0.15, 0.2) is 79.1 Å². The number of allylic oxidation sites excluding steroid dienone is 3. The van der Waals surface area contributed by atoms with Gasteiger partial charge >= 0.3 is 0 Å². The summed E-state index contributed by atoms with van der Waals surface area (Å²) in [6, 6.07) is 10.8. The van der Waals surface area contributed by atoms with Crippen LogP contribution in [-0.2, 0) is 14.9 Å². The molecule has 0 bridgehead atoms. The number of rotatable bonds is 6. The molecule has 1 aliphatic carbocycles. The number of carbonyl (C=O) groups excluding carboxylic acids is 1. The number of nitrogens with zero attached hydrogens (tertiary/aromatic N) is 3. The van der Waals surface area contributed by atoms with Gasteiger partial charge in [0.1, 0.15) is 5.82 Å². The lowest BCUT2D eigenvalue weighted by Gasteiger charge is -2.35. The van der Waals surface area contributed by atoms with E-state index in [2.05, 4.69) is 30.7 Å². The van der Waals surface area contributed by atoms with Crippen molar-refractivity contribution in [1.82, 2.24) is 14.7 Å². The van der Waals surface area contributed by atoms with Crippen LogP contribution < -0.4 is 0 Å². The van der Waals surface area contributed by atoms with Gasteiger partial charge in [-0.25, -0.2) is 9.07 Å². The Morgan fingerprint density at radius 2 is 2.00 bits per heavy atom. The summed E-state index contributed by atoms with van der Waals surface area (Å²) in [5.74, 6) is 0.0723. The Morgan fingerprint density at radius 3 is 2.68 bits per heavy atom. The molecule has 3 aromatic rings. The highest BCUT2D eigenvalue weighted by molar-refractivity contribution is 5.83. The van der Waals surface area contributed by atoms with Crippen LogP contribution in [-0.4, -0.2) is 46.4 Å². The third-order valence-corrected chi connectivity index (χ3v) is 8.42. The predicted molar refractivity (Wildman–Crippen MR) is 145 cm³/mol. The summed E-state index contributed by atoms with van der Waals surface area (Å²) in [5, 5.41) is 5.64. The third-order valence-electron chi connectivity index (χ3n) is 8.42. The van der Waals surface area contributed by atoms with Crippen molar-refractivity contribution in [1.29, 1.82) is 0 Å². The summed E-state index contributed by atoms with van der Waals surface area (Å²) < 4.78 is 21.6. The van der Waals surface area contributed by atoms with E-state index >= 15 is 0 Å². The lowest BCUT2D eigenvalue weighted by molar-refractivity contribution is -0.128. The van der Waals surface area contributed by atoms with E-state index in [1.807, 2.05) is 47.0 Å². The number of aromatic nitrogens is 2. The number of benzene rings is 2. The van der Waals surface area contributed by atoms with Crippen molar-refractivity contribution in [2.24, 2.45) is 5.92 Å². The summed E-state index contributed by atoms with van der Waals surface area (Å²) in [6.45, 7) is 11.5. The first kappa shape index (κ1) is 25.2. The predicted octanol–water partition coefficient (Wildman–Crippen LogP) is 6.06. The van der Waals surface area contributed by atoms with Crippen molar-refractivity contribution in [3.05, 3.63) is 96.0 Å². The van der Waals surface area contributed by atoms with Gasteiger partial charge in [-0.2, -0.15) is 5.10 Å². The standard InChI is InChI=1S/C31H34FN3O2/c1-6-7-8-9-22(3)31(37-5)16-25-18-34(23(4)36)20-30(25,19-31)28-15-24-17-33-35(29(24)14-21(28)2)27-12-10-26(32)11-13-27/h6-15,17,25H,3,16,18-20H2,1-2,4-5H3/b7-6-,9-8-/t25-,30-,31-/m1/s1. The highest BCUT2D eigenvalue weighted by Gasteiger charge is 2.61. The Hall–Kier alpha value is -3.51. The molecule has 0 radical (unpaired) electrons. The van der Waals surface area contributed by atoms with E-state index in [0.717, 1.165) is 40.6 Å².